The zero-order chi connectivity index (χ0) is 22.8. The van der Waals surface area contributed by atoms with Crippen molar-refractivity contribution < 1.29 is 27.5 Å². The van der Waals surface area contributed by atoms with Crippen LogP contribution in [0.15, 0.2) is 23.1 Å². The van der Waals surface area contributed by atoms with E-state index < -0.39 is 28.1 Å². The number of piperidine rings is 1. The second kappa shape index (κ2) is 9.57. The number of halogens is 1. The molecule has 3 atom stereocenters. The van der Waals surface area contributed by atoms with Crippen LogP contribution >= 0.6 is 11.6 Å². The van der Waals surface area contributed by atoms with Gasteiger partial charge in [-0.3, -0.25) is 4.79 Å². The Kier molecular flexibility index (Phi) is 7.27. The lowest BCUT2D eigenvalue weighted by Gasteiger charge is -2.40. The third-order valence-corrected chi connectivity index (χ3v) is 7.87. The van der Waals surface area contributed by atoms with Gasteiger partial charge in [-0.2, -0.15) is 4.31 Å². The Morgan fingerprint density at radius 2 is 2.03 bits per heavy atom. The van der Waals surface area contributed by atoms with Crippen molar-refractivity contribution in [1.82, 2.24) is 9.21 Å². The van der Waals surface area contributed by atoms with Gasteiger partial charge in [-0.05, 0) is 37.5 Å². The SMILES string of the molecule is C#CCN1C[C@H](COC)C2CCCC(C1=O)N2S(=O)(=O)c1cc(Cl)cc(C(=O)OC)c1. The molecular weight excluding hydrogens is 444 g/mol. The average molecular weight is 469 g/mol. The molecule has 0 N–H and O–H groups in total. The summed E-state index contributed by atoms with van der Waals surface area (Å²) in [6.45, 7) is 0.688. The Morgan fingerprint density at radius 1 is 1.29 bits per heavy atom. The van der Waals surface area contributed by atoms with E-state index >= 15 is 0 Å². The van der Waals surface area contributed by atoms with Gasteiger partial charge in [-0.15, -0.1) is 6.42 Å². The van der Waals surface area contributed by atoms with Gasteiger partial charge in [0.1, 0.15) is 6.04 Å². The highest BCUT2D eigenvalue weighted by Gasteiger charge is 2.50. The highest BCUT2D eigenvalue weighted by atomic mass is 35.5. The quantitative estimate of drug-likeness (QED) is 0.466. The van der Waals surface area contributed by atoms with Crippen molar-refractivity contribution in [3.63, 3.8) is 0 Å². The summed E-state index contributed by atoms with van der Waals surface area (Å²) in [5.41, 5.74) is 0.0160. The molecule has 0 aromatic heterocycles. The molecule has 2 bridgehead atoms. The maximum atomic E-state index is 13.8. The van der Waals surface area contributed by atoms with Gasteiger partial charge in [0.05, 0.1) is 30.7 Å². The maximum Gasteiger partial charge on any atom is 0.337 e. The van der Waals surface area contributed by atoms with Crippen LogP contribution in [0.2, 0.25) is 5.02 Å². The molecule has 0 saturated carbocycles. The molecular formula is C21H25ClN2O6S. The normalized spacial score (nSPS) is 24.4. The zero-order valence-electron chi connectivity index (χ0n) is 17.4. The van der Waals surface area contributed by atoms with E-state index in [9.17, 15) is 18.0 Å². The summed E-state index contributed by atoms with van der Waals surface area (Å²) in [7, 11) is -1.43. The first-order chi connectivity index (χ1) is 14.7. The van der Waals surface area contributed by atoms with Gasteiger partial charge in [0, 0.05) is 30.6 Å². The standard InChI is InChI=1S/C21H25ClN2O6S/c1-4-8-23-12-15(13-29-2)18-6-5-7-19(20(23)25)24(18)31(27,28)17-10-14(21(26)30-3)9-16(22)11-17/h1,9-11,15,18-19H,5-8,12-13H2,2-3H3/t15-,18?,19?/m1/s1. The summed E-state index contributed by atoms with van der Waals surface area (Å²) in [6.07, 6.45) is 7.14. The smallest absolute Gasteiger partial charge is 0.337 e. The van der Waals surface area contributed by atoms with Gasteiger partial charge in [0.25, 0.3) is 0 Å². The maximum absolute atomic E-state index is 13.8. The summed E-state index contributed by atoms with van der Waals surface area (Å²) in [4.78, 5) is 26.6. The van der Waals surface area contributed by atoms with Crippen LogP contribution in [0.5, 0.6) is 0 Å². The van der Waals surface area contributed by atoms with E-state index in [1.165, 1.54) is 41.6 Å². The molecule has 2 aliphatic heterocycles. The number of methoxy groups -OCH3 is 2. The van der Waals surface area contributed by atoms with Gasteiger partial charge in [-0.25, -0.2) is 13.2 Å². The number of benzene rings is 1. The minimum atomic E-state index is -4.17. The molecule has 2 aliphatic rings. The number of fused-ring (bicyclic) bond motifs is 2. The molecule has 0 radical (unpaired) electrons. The van der Waals surface area contributed by atoms with Crippen LogP contribution in [-0.4, -0.2) is 75.5 Å². The van der Waals surface area contributed by atoms with Gasteiger partial charge in [-0.1, -0.05) is 17.5 Å². The molecule has 0 aliphatic carbocycles. The van der Waals surface area contributed by atoms with Crippen LogP contribution in [0.1, 0.15) is 29.6 Å². The Bertz CT molecular complexity index is 1010. The predicted octanol–water partition coefficient (Wildman–Crippen LogP) is 1.78. The van der Waals surface area contributed by atoms with Crippen molar-refractivity contribution in [3.8, 4) is 12.3 Å². The Hall–Kier alpha value is -2.12. The number of esters is 1. The summed E-state index contributed by atoms with van der Waals surface area (Å²) in [6, 6.07) is 2.51. The minimum Gasteiger partial charge on any atom is -0.465 e. The fourth-order valence-corrected chi connectivity index (χ4v) is 6.69. The van der Waals surface area contributed by atoms with Crippen LogP contribution in [-0.2, 0) is 24.3 Å². The molecule has 1 aromatic rings. The van der Waals surface area contributed by atoms with E-state index in [1.807, 2.05) is 0 Å². The monoisotopic (exact) mass is 468 g/mol. The summed E-state index contributed by atoms with van der Waals surface area (Å²) < 4.78 is 38.9. The fourth-order valence-electron chi connectivity index (χ4n) is 4.43. The fraction of sp³-hybridized carbons (Fsp3) is 0.524. The zero-order valence-corrected chi connectivity index (χ0v) is 19.0. The van der Waals surface area contributed by atoms with E-state index in [0.717, 1.165) is 0 Å². The van der Waals surface area contributed by atoms with E-state index in [-0.39, 0.29) is 40.5 Å². The molecule has 3 rings (SSSR count). The lowest BCUT2D eigenvalue weighted by Crippen LogP contribution is -2.55. The van der Waals surface area contributed by atoms with Crippen molar-refractivity contribution >= 4 is 33.5 Å². The van der Waals surface area contributed by atoms with Crippen molar-refractivity contribution in [2.45, 2.75) is 36.2 Å². The van der Waals surface area contributed by atoms with Crippen LogP contribution in [0.25, 0.3) is 0 Å². The van der Waals surface area contributed by atoms with Crippen molar-refractivity contribution in [2.24, 2.45) is 5.92 Å². The first-order valence-corrected chi connectivity index (χ1v) is 11.7. The van der Waals surface area contributed by atoms with Crippen molar-refractivity contribution in [1.29, 1.82) is 0 Å². The molecule has 31 heavy (non-hydrogen) atoms. The van der Waals surface area contributed by atoms with Gasteiger partial charge in [0.15, 0.2) is 0 Å². The van der Waals surface area contributed by atoms with Crippen LogP contribution < -0.4 is 0 Å². The van der Waals surface area contributed by atoms with Gasteiger partial charge >= 0.3 is 5.97 Å². The number of carbonyl (C=O) groups is 2. The van der Waals surface area contributed by atoms with E-state index in [4.69, 9.17) is 27.5 Å². The van der Waals surface area contributed by atoms with Crippen LogP contribution in [0, 0.1) is 18.3 Å². The number of amides is 1. The van der Waals surface area contributed by atoms with E-state index in [1.54, 1.807) is 0 Å². The van der Waals surface area contributed by atoms with Crippen LogP contribution in [0.3, 0.4) is 0 Å². The number of sulfonamides is 1. The van der Waals surface area contributed by atoms with Gasteiger partial charge in [0.2, 0.25) is 15.9 Å². The molecule has 168 valence electrons. The third-order valence-electron chi connectivity index (χ3n) is 5.74. The molecule has 2 heterocycles. The molecule has 2 fully saturated rings. The average Bonchev–Trinajstić information content (AvgIpc) is 2.81. The summed E-state index contributed by atoms with van der Waals surface area (Å²) in [5.74, 6) is 1.21. The Labute approximate surface area is 187 Å². The lowest BCUT2D eigenvalue weighted by atomic mass is 9.91. The molecule has 2 unspecified atom stereocenters. The highest BCUT2D eigenvalue weighted by Crippen LogP contribution is 2.37. The predicted molar refractivity (Wildman–Crippen MR) is 114 cm³/mol. The number of carbonyl (C=O) groups excluding carboxylic acids is 2. The second-order valence-electron chi connectivity index (χ2n) is 7.65. The molecule has 10 heteroatoms. The minimum absolute atomic E-state index is 0.0160. The van der Waals surface area contributed by atoms with Gasteiger partial charge < -0.3 is 14.4 Å². The first kappa shape index (κ1) is 23.5. The number of terminal acetylenes is 1. The lowest BCUT2D eigenvalue weighted by molar-refractivity contribution is -0.134. The largest absolute Gasteiger partial charge is 0.465 e. The third kappa shape index (κ3) is 4.58. The topological polar surface area (TPSA) is 93.2 Å². The summed E-state index contributed by atoms with van der Waals surface area (Å²) in [5, 5.41) is 0.0789. The number of rotatable bonds is 6. The highest BCUT2D eigenvalue weighted by molar-refractivity contribution is 7.89. The number of hydrogen-bond donors (Lipinski definition) is 0. The summed E-state index contributed by atoms with van der Waals surface area (Å²) >= 11 is 6.11. The first-order valence-electron chi connectivity index (χ1n) is 9.88. The molecule has 1 aromatic carbocycles. The van der Waals surface area contributed by atoms with E-state index in [2.05, 4.69) is 5.92 Å². The molecule has 8 nitrogen and oxygen atoms in total. The van der Waals surface area contributed by atoms with Crippen LogP contribution in [0.4, 0.5) is 0 Å². The van der Waals surface area contributed by atoms with Crippen molar-refractivity contribution in [3.05, 3.63) is 28.8 Å². The second-order valence-corrected chi connectivity index (χ2v) is 9.93. The molecule has 0 spiro atoms. The number of hydrogen-bond acceptors (Lipinski definition) is 6. The number of nitrogens with zero attached hydrogens (tertiary/aromatic N) is 2. The molecule has 2 saturated heterocycles. The van der Waals surface area contributed by atoms with E-state index in [0.29, 0.717) is 25.8 Å². The van der Waals surface area contributed by atoms with Crippen molar-refractivity contribution in [2.75, 3.05) is 33.9 Å². The Balaban J connectivity index is 2.12. The number of ether oxygens (including phenoxy) is 2. The Morgan fingerprint density at radius 3 is 2.68 bits per heavy atom. The molecule has 1 amide bonds.